The van der Waals surface area contributed by atoms with Gasteiger partial charge in [0.2, 0.25) is 0 Å². The zero-order valence-electron chi connectivity index (χ0n) is 21.2. The second-order valence-corrected chi connectivity index (χ2v) is 9.92. The quantitative estimate of drug-likeness (QED) is 0.151. The average molecular weight is 420 g/mol. The lowest BCUT2D eigenvalue weighted by Crippen LogP contribution is -2.39. The molecule has 0 bridgehead atoms. The van der Waals surface area contributed by atoms with Crippen molar-refractivity contribution in [1.29, 1.82) is 0 Å². The number of unbranched alkanes of at least 4 members (excludes halogenated alkanes) is 15. The van der Waals surface area contributed by atoms with E-state index in [1.54, 1.807) is 0 Å². The van der Waals surface area contributed by atoms with Crippen LogP contribution in [0.25, 0.3) is 0 Å². The van der Waals surface area contributed by atoms with Gasteiger partial charge in [0.1, 0.15) is 12.4 Å². The van der Waals surface area contributed by atoms with Crippen LogP contribution in [0.2, 0.25) is 0 Å². The number of nitrogens with zero attached hydrogens (tertiary/aromatic N) is 1. The van der Waals surface area contributed by atoms with Crippen molar-refractivity contribution in [3.8, 4) is 0 Å². The van der Waals surface area contributed by atoms with Gasteiger partial charge in [0, 0.05) is 0 Å². The van der Waals surface area contributed by atoms with Gasteiger partial charge in [0.25, 0.3) is 5.82 Å². The van der Waals surface area contributed by atoms with Crippen LogP contribution in [0.3, 0.4) is 0 Å². The normalized spacial score (nSPS) is 12.7. The fourth-order valence-electron chi connectivity index (χ4n) is 4.78. The molecule has 0 saturated heterocycles. The maximum absolute atomic E-state index is 3.58. The van der Waals surface area contributed by atoms with Crippen molar-refractivity contribution >= 4 is 0 Å². The minimum absolute atomic E-state index is 0.552. The molecule has 0 unspecified atom stereocenters. The third kappa shape index (κ3) is 12.8. The third-order valence-corrected chi connectivity index (χ3v) is 6.75. The highest BCUT2D eigenvalue weighted by Gasteiger charge is 2.23. The summed E-state index contributed by atoms with van der Waals surface area (Å²) in [5.41, 5.74) is 0. The van der Waals surface area contributed by atoms with Gasteiger partial charge < -0.3 is 0 Å². The average Bonchev–Trinajstić information content (AvgIpc) is 3.23. The van der Waals surface area contributed by atoms with Crippen LogP contribution in [0, 0.1) is 0 Å². The summed E-state index contributed by atoms with van der Waals surface area (Å²) in [6.45, 7) is 9.21. The van der Waals surface area contributed by atoms with E-state index >= 15 is 0 Å². The van der Waals surface area contributed by atoms with Gasteiger partial charge in [-0.2, -0.15) is 0 Å². The Morgan fingerprint density at radius 1 is 0.633 bits per heavy atom. The Labute approximate surface area is 189 Å². The van der Waals surface area contributed by atoms with E-state index in [-0.39, 0.29) is 0 Å². The predicted molar refractivity (Wildman–Crippen MR) is 133 cm³/mol. The largest absolute Gasteiger partial charge is 0.257 e. The molecule has 30 heavy (non-hydrogen) atoms. The monoisotopic (exact) mass is 419 g/mol. The predicted octanol–water partition coefficient (Wildman–Crippen LogP) is 9.42. The molecule has 0 aromatic carbocycles. The second kappa shape index (κ2) is 18.9. The first-order valence-electron chi connectivity index (χ1n) is 13.8. The van der Waals surface area contributed by atoms with E-state index < -0.39 is 0 Å². The molecule has 176 valence electrons. The van der Waals surface area contributed by atoms with Crippen molar-refractivity contribution in [2.45, 2.75) is 162 Å². The number of hydrogen-bond acceptors (Lipinski definition) is 0. The number of aromatic amines is 1. The minimum Gasteiger partial charge on any atom is -0.247 e. The summed E-state index contributed by atoms with van der Waals surface area (Å²) in [6, 6.07) is 0.552. The van der Waals surface area contributed by atoms with Gasteiger partial charge in [0.05, 0.1) is 12.0 Å². The number of aromatic nitrogens is 2. The molecule has 0 aliphatic carbocycles. The third-order valence-electron chi connectivity index (χ3n) is 6.75. The molecule has 1 aromatic heterocycles. The van der Waals surface area contributed by atoms with Crippen LogP contribution in [-0.2, 0) is 0 Å². The molecule has 1 aromatic rings. The fourth-order valence-corrected chi connectivity index (χ4v) is 4.78. The van der Waals surface area contributed by atoms with Crippen molar-refractivity contribution in [1.82, 2.24) is 4.98 Å². The zero-order chi connectivity index (χ0) is 21.9. The molecule has 0 aliphatic heterocycles. The first-order valence-corrected chi connectivity index (χ1v) is 13.8. The Hall–Kier alpha value is -0.790. The van der Waals surface area contributed by atoms with Crippen molar-refractivity contribution in [2.24, 2.45) is 0 Å². The molecule has 0 saturated carbocycles. The maximum Gasteiger partial charge on any atom is 0.257 e. The molecule has 0 radical (unpaired) electrons. The molecule has 1 atom stereocenters. The number of imidazole rings is 1. The van der Waals surface area contributed by atoms with Crippen molar-refractivity contribution < 1.29 is 4.57 Å². The molecule has 2 nitrogen and oxygen atoms in total. The number of nitrogens with one attached hydrogen (secondary N) is 1. The van der Waals surface area contributed by atoms with Crippen LogP contribution in [0.1, 0.15) is 167 Å². The molecule has 1 rings (SSSR count). The summed E-state index contributed by atoms with van der Waals surface area (Å²) in [6.07, 6.45) is 31.4. The highest BCUT2D eigenvalue weighted by atomic mass is 15.1. The molecule has 0 spiro atoms. The van der Waals surface area contributed by atoms with Gasteiger partial charge >= 0.3 is 0 Å². The molecule has 2 heteroatoms. The molecular weight excluding hydrogens is 364 g/mol. The highest BCUT2D eigenvalue weighted by Crippen LogP contribution is 2.26. The Morgan fingerprint density at radius 3 is 1.50 bits per heavy atom. The summed E-state index contributed by atoms with van der Waals surface area (Å²) in [7, 11) is 0. The molecule has 0 aliphatic rings. The SMILES string of the molecule is CCCCCCCCCCCCCCCC[C@H](CCCCC)c1[nH]cc[n+]1C(C)C. The van der Waals surface area contributed by atoms with Gasteiger partial charge in [-0.3, -0.25) is 0 Å². The first kappa shape index (κ1) is 27.2. The Morgan fingerprint density at radius 2 is 1.03 bits per heavy atom. The summed E-state index contributed by atoms with van der Waals surface area (Å²) in [5, 5.41) is 0. The van der Waals surface area contributed by atoms with Gasteiger partial charge in [0.15, 0.2) is 0 Å². The van der Waals surface area contributed by atoms with Gasteiger partial charge in [-0.1, -0.05) is 123 Å². The Bertz CT molecular complexity index is 477. The topological polar surface area (TPSA) is 19.7 Å². The lowest BCUT2D eigenvalue weighted by Gasteiger charge is -2.15. The van der Waals surface area contributed by atoms with Crippen LogP contribution < -0.4 is 4.57 Å². The number of rotatable bonds is 21. The van der Waals surface area contributed by atoms with Gasteiger partial charge in [-0.05, 0) is 26.7 Å². The summed E-state index contributed by atoms with van der Waals surface area (Å²) in [4.78, 5) is 3.58. The molecular formula is C28H55N2+. The van der Waals surface area contributed by atoms with E-state index in [9.17, 15) is 0 Å². The Balaban J connectivity index is 2.10. The van der Waals surface area contributed by atoms with Crippen molar-refractivity contribution in [3.05, 3.63) is 18.2 Å². The highest BCUT2D eigenvalue weighted by molar-refractivity contribution is 4.90. The lowest BCUT2D eigenvalue weighted by atomic mass is 9.93. The van der Waals surface area contributed by atoms with E-state index in [4.69, 9.17) is 0 Å². The smallest absolute Gasteiger partial charge is 0.247 e. The second-order valence-electron chi connectivity index (χ2n) is 9.92. The van der Waals surface area contributed by atoms with Crippen LogP contribution in [0.5, 0.6) is 0 Å². The van der Waals surface area contributed by atoms with E-state index in [2.05, 4.69) is 49.6 Å². The van der Waals surface area contributed by atoms with E-state index in [0.29, 0.717) is 12.0 Å². The molecule has 0 fully saturated rings. The van der Waals surface area contributed by atoms with Gasteiger partial charge in [-0.25, -0.2) is 9.55 Å². The summed E-state index contributed by atoms with van der Waals surface area (Å²) < 4.78 is 2.46. The number of hydrogen-bond donors (Lipinski definition) is 1. The summed E-state index contributed by atoms with van der Waals surface area (Å²) in [5.74, 6) is 2.18. The maximum atomic E-state index is 3.58. The zero-order valence-corrected chi connectivity index (χ0v) is 21.2. The van der Waals surface area contributed by atoms with Crippen molar-refractivity contribution in [2.75, 3.05) is 0 Å². The molecule has 0 amide bonds. The van der Waals surface area contributed by atoms with Crippen LogP contribution >= 0.6 is 0 Å². The molecule has 1 N–H and O–H groups in total. The minimum atomic E-state index is 0.552. The first-order chi connectivity index (χ1) is 14.7. The summed E-state index contributed by atoms with van der Waals surface area (Å²) >= 11 is 0. The van der Waals surface area contributed by atoms with E-state index in [0.717, 1.165) is 0 Å². The van der Waals surface area contributed by atoms with E-state index in [1.807, 2.05) is 0 Å². The number of H-pyrrole nitrogens is 1. The van der Waals surface area contributed by atoms with Crippen LogP contribution in [0.15, 0.2) is 12.4 Å². The van der Waals surface area contributed by atoms with Gasteiger partial charge in [-0.15, -0.1) is 0 Å². The van der Waals surface area contributed by atoms with Crippen LogP contribution in [-0.4, -0.2) is 4.98 Å². The molecule has 1 heterocycles. The lowest BCUT2D eigenvalue weighted by molar-refractivity contribution is -0.723. The standard InChI is InChI=1S/C28H54N2/c1-5-7-9-10-11-12-13-14-15-16-17-18-19-21-23-27(22-20-8-6-2)28-29-24-25-30(28)26(3)4/h24-27H,5-23H2,1-4H3/p+1/t27-/m0/s1. The van der Waals surface area contributed by atoms with Crippen molar-refractivity contribution in [3.63, 3.8) is 0 Å². The Kier molecular flexibility index (Phi) is 17.2. The van der Waals surface area contributed by atoms with E-state index in [1.165, 1.54) is 128 Å². The van der Waals surface area contributed by atoms with Crippen LogP contribution in [0.4, 0.5) is 0 Å². The fraction of sp³-hybridized carbons (Fsp3) is 0.893.